The number of anilines is 2. The van der Waals surface area contributed by atoms with Crippen LogP contribution >= 0.6 is 0 Å². The van der Waals surface area contributed by atoms with Crippen molar-refractivity contribution in [3.63, 3.8) is 0 Å². The standard InChI is InChI=1S/C26H24N4O5/c1-3-30-25(32)24(28-21-13-7-12-20-19(21)11-8-14-27-20)22(26(33)35-16-15-34-17(2)31)23(29-30)18-9-5-4-6-10-18/h4-14,28H,3,15-16H2,1-2H3. The van der Waals surface area contributed by atoms with Crippen LogP contribution < -0.4 is 10.9 Å². The van der Waals surface area contributed by atoms with E-state index in [2.05, 4.69) is 15.4 Å². The van der Waals surface area contributed by atoms with Gasteiger partial charge in [-0.05, 0) is 31.2 Å². The second kappa shape index (κ2) is 10.6. The number of ether oxygens (including phenoxy) is 2. The van der Waals surface area contributed by atoms with E-state index in [1.807, 2.05) is 36.4 Å². The molecule has 0 atom stereocenters. The second-order valence-corrected chi connectivity index (χ2v) is 7.56. The van der Waals surface area contributed by atoms with Crippen LogP contribution in [-0.2, 0) is 20.8 Å². The summed E-state index contributed by atoms with van der Waals surface area (Å²) in [5.74, 6) is -1.24. The van der Waals surface area contributed by atoms with Gasteiger partial charge < -0.3 is 14.8 Å². The zero-order valence-corrected chi connectivity index (χ0v) is 19.4. The molecular weight excluding hydrogens is 448 g/mol. The first-order valence-electron chi connectivity index (χ1n) is 11.1. The number of nitrogens with one attached hydrogen (secondary N) is 1. The third-order valence-corrected chi connectivity index (χ3v) is 5.23. The van der Waals surface area contributed by atoms with Crippen molar-refractivity contribution in [2.75, 3.05) is 18.5 Å². The lowest BCUT2D eigenvalue weighted by atomic mass is 10.0. The minimum Gasteiger partial charge on any atom is -0.462 e. The predicted octanol–water partition coefficient (Wildman–Crippen LogP) is 3.94. The molecule has 0 amide bonds. The van der Waals surface area contributed by atoms with Crippen LogP contribution in [0.2, 0.25) is 0 Å². The van der Waals surface area contributed by atoms with Crippen molar-refractivity contribution in [1.82, 2.24) is 14.8 Å². The fourth-order valence-corrected chi connectivity index (χ4v) is 3.64. The molecular formula is C26H24N4O5. The Balaban J connectivity index is 1.87. The molecule has 9 nitrogen and oxygen atoms in total. The fraction of sp³-hybridized carbons (Fsp3) is 0.192. The number of pyridine rings is 1. The normalized spacial score (nSPS) is 10.7. The van der Waals surface area contributed by atoms with Gasteiger partial charge in [0.05, 0.1) is 5.52 Å². The number of rotatable bonds is 8. The maximum atomic E-state index is 13.4. The molecule has 9 heteroatoms. The monoisotopic (exact) mass is 472 g/mol. The van der Waals surface area contributed by atoms with Crippen LogP contribution in [-0.4, -0.2) is 39.9 Å². The first-order valence-corrected chi connectivity index (χ1v) is 11.1. The summed E-state index contributed by atoms with van der Waals surface area (Å²) >= 11 is 0. The third-order valence-electron chi connectivity index (χ3n) is 5.23. The van der Waals surface area contributed by atoms with Crippen molar-refractivity contribution in [2.24, 2.45) is 0 Å². The van der Waals surface area contributed by atoms with E-state index in [0.717, 1.165) is 10.9 Å². The highest BCUT2D eigenvalue weighted by Gasteiger charge is 2.26. The Morgan fingerprint density at radius 2 is 1.74 bits per heavy atom. The molecule has 2 aromatic carbocycles. The highest BCUT2D eigenvalue weighted by Crippen LogP contribution is 2.30. The number of hydrogen-bond donors (Lipinski definition) is 1. The van der Waals surface area contributed by atoms with Crippen LogP contribution in [0, 0.1) is 0 Å². The number of nitrogens with zero attached hydrogens (tertiary/aromatic N) is 3. The largest absolute Gasteiger partial charge is 0.462 e. The second-order valence-electron chi connectivity index (χ2n) is 7.56. The van der Waals surface area contributed by atoms with E-state index in [0.29, 0.717) is 23.5 Å². The lowest BCUT2D eigenvalue weighted by molar-refractivity contribution is -0.142. The highest BCUT2D eigenvalue weighted by molar-refractivity contribution is 6.03. The molecule has 0 aliphatic rings. The van der Waals surface area contributed by atoms with Crippen LogP contribution in [0.4, 0.5) is 11.4 Å². The number of esters is 2. The average Bonchev–Trinajstić information content (AvgIpc) is 2.88. The summed E-state index contributed by atoms with van der Waals surface area (Å²) in [5, 5.41) is 8.41. The summed E-state index contributed by atoms with van der Waals surface area (Å²) in [4.78, 5) is 42.1. The van der Waals surface area contributed by atoms with Gasteiger partial charge in [-0.2, -0.15) is 5.10 Å². The zero-order chi connectivity index (χ0) is 24.8. The molecule has 178 valence electrons. The molecule has 1 N–H and O–H groups in total. The number of fused-ring (bicyclic) bond motifs is 1. The molecule has 0 radical (unpaired) electrons. The van der Waals surface area contributed by atoms with Gasteiger partial charge in [-0.3, -0.25) is 14.6 Å². The van der Waals surface area contributed by atoms with Gasteiger partial charge in [0, 0.05) is 36.3 Å². The van der Waals surface area contributed by atoms with Crippen LogP contribution in [0.15, 0.2) is 71.7 Å². The molecule has 2 aromatic heterocycles. The van der Waals surface area contributed by atoms with Gasteiger partial charge in [0.25, 0.3) is 5.56 Å². The number of carbonyl (C=O) groups excluding carboxylic acids is 2. The van der Waals surface area contributed by atoms with Crippen LogP contribution in [0.1, 0.15) is 24.2 Å². The summed E-state index contributed by atoms with van der Waals surface area (Å²) < 4.78 is 11.5. The fourth-order valence-electron chi connectivity index (χ4n) is 3.64. The molecule has 4 aromatic rings. The van der Waals surface area contributed by atoms with Gasteiger partial charge in [-0.25, -0.2) is 9.48 Å². The maximum Gasteiger partial charge on any atom is 0.342 e. The number of hydrogen-bond acceptors (Lipinski definition) is 8. The molecule has 0 aliphatic carbocycles. The summed E-state index contributed by atoms with van der Waals surface area (Å²) in [6.07, 6.45) is 1.68. The SMILES string of the molecule is CCn1nc(-c2ccccc2)c(C(=O)OCCOC(C)=O)c(Nc2cccc3ncccc23)c1=O. The summed E-state index contributed by atoms with van der Waals surface area (Å²) in [5.41, 5.74) is 1.84. The summed E-state index contributed by atoms with van der Waals surface area (Å²) in [6, 6.07) is 18.2. The molecule has 0 saturated carbocycles. The van der Waals surface area contributed by atoms with Crippen molar-refractivity contribution >= 4 is 34.2 Å². The number of aromatic nitrogens is 3. The Bertz CT molecular complexity index is 1430. The first kappa shape index (κ1) is 23.6. The van der Waals surface area contributed by atoms with Gasteiger partial charge >= 0.3 is 11.9 Å². The van der Waals surface area contributed by atoms with Gasteiger partial charge in [-0.1, -0.05) is 36.4 Å². The van der Waals surface area contributed by atoms with Crippen molar-refractivity contribution in [1.29, 1.82) is 0 Å². The first-order chi connectivity index (χ1) is 17.0. The van der Waals surface area contributed by atoms with Crippen molar-refractivity contribution in [2.45, 2.75) is 20.4 Å². The van der Waals surface area contributed by atoms with Crippen LogP contribution in [0.5, 0.6) is 0 Å². The summed E-state index contributed by atoms with van der Waals surface area (Å²) in [6.45, 7) is 3.10. The Morgan fingerprint density at radius 1 is 0.971 bits per heavy atom. The smallest absolute Gasteiger partial charge is 0.342 e. The lowest BCUT2D eigenvalue weighted by Crippen LogP contribution is -2.29. The molecule has 0 bridgehead atoms. The van der Waals surface area contributed by atoms with Crippen LogP contribution in [0.3, 0.4) is 0 Å². The molecule has 0 saturated heterocycles. The van der Waals surface area contributed by atoms with E-state index >= 15 is 0 Å². The molecule has 4 rings (SSSR count). The van der Waals surface area contributed by atoms with E-state index < -0.39 is 17.5 Å². The topological polar surface area (TPSA) is 112 Å². The van der Waals surface area contributed by atoms with E-state index in [4.69, 9.17) is 9.47 Å². The van der Waals surface area contributed by atoms with Crippen molar-refractivity contribution in [3.8, 4) is 11.3 Å². The summed E-state index contributed by atoms with van der Waals surface area (Å²) in [7, 11) is 0. The lowest BCUT2D eigenvalue weighted by Gasteiger charge is -2.17. The Morgan fingerprint density at radius 3 is 2.49 bits per heavy atom. The molecule has 2 heterocycles. The van der Waals surface area contributed by atoms with Crippen molar-refractivity contribution < 1.29 is 19.1 Å². The minimum atomic E-state index is -0.760. The molecule has 35 heavy (non-hydrogen) atoms. The Kier molecular flexibility index (Phi) is 7.15. The Labute approximate surface area is 201 Å². The Hall–Kier alpha value is -4.53. The minimum absolute atomic E-state index is 0.00498. The van der Waals surface area contributed by atoms with Crippen molar-refractivity contribution in [3.05, 3.63) is 82.8 Å². The molecule has 0 spiro atoms. The average molecular weight is 473 g/mol. The predicted molar refractivity (Wildman–Crippen MR) is 132 cm³/mol. The zero-order valence-electron chi connectivity index (χ0n) is 19.4. The third kappa shape index (κ3) is 5.19. The number of benzene rings is 2. The molecule has 0 fully saturated rings. The van der Waals surface area contributed by atoms with Gasteiger partial charge in [0.1, 0.15) is 30.2 Å². The van der Waals surface area contributed by atoms with E-state index in [9.17, 15) is 14.4 Å². The molecule has 0 unspecified atom stereocenters. The van der Waals surface area contributed by atoms with Gasteiger partial charge in [-0.15, -0.1) is 0 Å². The maximum absolute atomic E-state index is 13.4. The van der Waals surface area contributed by atoms with Gasteiger partial charge in [0.15, 0.2) is 0 Å². The van der Waals surface area contributed by atoms with Crippen LogP contribution in [0.25, 0.3) is 22.2 Å². The van der Waals surface area contributed by atoms with E-state index in [1.165, 1.54) is 11.6 Å². The number of aryl methyl sites for hydroxylation is 1. The number of carbonyl (C=O) groups is 2. The van der Waals surface area contributed by atoms with Gasteiger partial charge in [0.2, 0.25) is 0 Å². The molecule has 0 aliphatic heterocycles. The highest BCUT2D eigenvalue weighted by atomic mass is 16.6. The quantitative estimate of drug-likeness (QED) is 0.303. The van der Waals surface area contributed by atoms with E-state index in [-0.39, 0.29) is 24.5 Å². The van der Waals surface area contributed by atoms with E-state index in [1.54, 1.807) is 37.4 Å².